The van der Waals surface area contributed by atoms with Crippen LogP contribution in [0.3, 0.4) is 0 Å². The van der Waals surface area contributed by atoms with Crippen molar-refractivity contribution in [1.82, 2.24) is 0 Å². The van der Waals surface area contributed by atoms with Gasteiger partial charge in [-0.2, -0.15) is 0 Å². The average Bonchev–Trinajstić information content (AvgIpc) is 2.42. The first-order valence-corrected chi connectivity index (χ1v) is 6.83. The molecule has 0 aliphatic carbocycles. The number of aldehydes is 1. The summed E-state index contributed by atoms with van der Waals surface area (Å²) in [6.07, 6.45) is 1.35. The van der Waals surface area contributed by atoms with Gasteiger partial charge in [-0.15, -0.1) is 0 Å². The molecule has 0 spiro atoms. The van der Waals surface area contributed by atoms with Crippen LogP contribution < -0.4 is 4.74 Å². The molecule has 0 saturated heterocycles. The van der Waals surface area contributed by atoms with Gasteiger partial charge >= 0.3 is 0 Å². The van der Waals surface area contributed by atoms with Gasteiger partial charge in [0.1, 0.15) is 18.6 Å². The number of carbonyl (C=O) groups is 1. The van der Waals surface area contributed by atoms with E-state index in [1.54, 1.807) is 0 Å². The number of carbonyl (C=O) groups excluding carboxylic acids is 1. The predicted octanol–water partition coefficient (Wildman–Crippen LogP) is 3.93. The molecule has 2 heteroatoms. The average molecular weight is 268 g/mol. The highest BCUT2D eigenvalue weighted by atomic mass is 16.5. The molecule has 2 aromatic carbocycles. The largest absolute Gasteiger partial charge is 0.489 e. The van der Waals surface area contributed by atoms with E-state index < -0.39 is 0 Å². The minimum Gasteiger partial charge on any atom is -0.489 e. The van der Waals surface area contributed by atoms with Gasteiger partial charge in [-0.1, -0.05) is 30.3 Å². The van der Waals surface area contributed by atoms with E-state index in [-0.39, 0.29) is 0 Å². The Balaban J connectivity index is 2.18. The summed E-state index contributed by atoms with van der Waals surface area (Å²) in [6.45, 7) is 6.78. The first-order valence-electron chi connectivity index (χ1n) is 6.83. The maximum atomic E-state index is 10.6. The van der Waals surface area contributed by atoms with Crippen LogP contribution in [0.1, 0.15) is 27.8 Å². The second-order valence-electron chi connectivity index (χ2n) is 5.13. The first kappa shape index (κ1) is 14.3. The lowest BCUT2D eigenvalue weighted by Crippen LogP contribution is -2.02. The summed E-state index contributed by atoms with van der Waals surface area (Å²) < 4.78 is 5.96. The summed E-state index contributed by atoms with van der Waals surface area (Å²) in [4.78, 5) is 10.6. The minimum atomic E-state index is 0.431. The van der Waals surface area contributed by atoms with E-state index in [1.807, 2.05) is 25.1 Å². The fourth-order valence-corrected chi connectivity index (χ4v) is 2.25. The molecule has 0 aliphatic heterocycles. The van der Waals surface area contributed by atoms with Crippen molar-refractivity contribution >= 4 is 6.29 Å². The zero-order chi connectivity index (χ0) is 14.5. The van der Waals surface area contributed by atoms with Crippen molar-refractivity contribution in [2.75, 3.05) is 0 Å². The van der Waals surface area contributed by atoms with E-state index in [9.17, 15) is 4.79 Å². The molecule has 0 unspecified atom stereocenters. The minimum absolute atomic E-state index is 0.431. The molecule has 0 bridgehead atoms. The van der Waals surface area contributed by atoms with Gasteiger partial charge < -0.3 is 9.53 Å². The molecular formula is C18H20O2. The predicted molar refractivity (Wildman–Crippen MR) is 81.2 cm³/mol. The quantitative estimate of drug-likeness (QED) is 0.768. The van der Waals surface area contributed by atoms with Crippen LogP contribution in [-0.2, 0) is 17.8 Å². The second kappa shape index (κ2) is 6.38. The fraction of sp³-hybridized carbons (Fsp3) is 0.278. The molecule has 2 nitrogen and oxygen atoms in total. The van der Waals surface area contributed by atoms with E-state index in [1.165, 1.54) is 16.7 Å². The highest BCUT2D eigenvalue weighted by Crippen LogP contribution is 2.22. The molecule has 0 heterocycles. The van der Waals surface area contributed by atoms with E-state index >= 15 is 0 Å². The topological polar surface area (TPSA) is 26.3 Å². The third kappa shape index (κ3) is 3.27. The van der Waals surface area contributed by atoms with Gasteiger partial charge in [-0.05, 0) is 54.7 Å². The number of hydrogen-bond donors (Lipinski definition) is 0. The molecule has 2 rings (SSSR count). The van der Waals surface area contributed by atoms with E-state index in [4.69, 9.17) is 4.74 Å². The molecule has 2 aromatic rings. The van der Waals surface area contributed by atoms with Gasteiger partial charge in [0.2, 0.25) is 0 Å². The van der Waals surface area contributed by atoms with Crippen LogP contribution in [0.25, 0.3) is 0 Å². The molecule has 0 fully saturated rings. The van der Waals surface area contributed by atoms with E-state index in [0.29, 0.717) is 13.0 Å². The lowest BCUT2D eigenvalue weighted by atomic mass is 10.0. The molecule has 0 radical (unpaired) electrons. The molecular weight excluding hydrogens is 248 g/mol. The van der Waals surface area contributed by atoms with Crippen LogP contribution in [0.2, 0.25) is 0 Å². The van der Waals surface area contributed by atoms with E-state index in [2.05, 4.69) is 32.0 Å². The Hall–Kier alpha value is -2.09. The first-order chi connectivity index (χ1) is 9.61. The zero-order valence-electron chi connectivity index (χ0n) is 12.3. The lowest BCUT2D eigenvalue weighted by molar-refractivity contribution is -0.107. The Bertz CT molecular complexity index is 595. The van der Waals surface area contributed by atoms with Crippen LogP contribution in [-0.4, -0.2) is 6.29 Å². The lowest BCUT2D eigenvalue weighted by Gasteiger charge is -2.13. The molecule has 104 valence electrons. The summed E-state index contributed by atoms with van der Waals surface area (Å²) in [6, 6.07) is 12.2. The van der Waals surface area contributed by atoms with Crippen LogP contribution in [0.5, 0.6) is 5.75 Å². The third-order valence-electron chi connectivity index (χ3n) is 3.59. The number of ether oxygens (including phenoxy) is 1. The highest BCUT2D eigenvalue weighted by Gasteiger charge is 2.06. The standard InChI is InChI=1S/C18H20O2/c1-13-5-4-6-14(2)17(13)12-20-18-11-16(9-10-19)8-7-15(18)3/h4-8,10-11H,9,12H2,1-3H3. The zero-order valence-corrected chi connectivity index (χ0v) is 12.3. The summed E-state index contributed by atoms with van der Waals surface area (Å²) in [5, 5.41) is 0. The van der Waals surface area contributed by atoms with Crippen molar-refractivity contribution in [3.05, 3.63) is 64.2 Å². The summed E-state index contributed by atoms with van der Waals surface area (Å²) in [5.41, 5.74) is 5.79. The van der Waals surface area contributed by atoms with Crippen LogP contribution in [0.4, 0.5) is 0 Å². The van der Waals surface area contributed by atoms with E-state index in [0.717, 1.165) is 23.2 Å². The van der Waals surface area contributed by atoms with Crippen molar-refractivity contribution in [3.8, 4) is 5.75 Å². The molecule has 0 aliphatic rings. The Kier molecular flexibility index (Phi) is 4.57. The summed E-state index contributed by atoms with van der Waals surface area (Å²) in [7, 11) is 0. The monoisotopic (exact) mass is 268 g/mol. The maximum Gasteiger partial charge on any atom is 0.124 e. The number of benzene rings is 2. The molecule has 0 aromatic heterocycles. The van der Waals surface area contributed by atoms with Gasteiger partial charge in [0.15, 0.2) is 0 Å². The van der Waals surface area contributed by atoms with Crippen molar-refractivity contribution in [1.29, 1.82) is 0 Å². The maximum absolute atomic E-state index is 10.6. The van der Waals surface area contributed by atoms with Crippen LogP contribution in [0.15, 0.2) is 36.4 Å². The molecule has 0 amide bonds. The molecule has 0 saturated carbocycles. The Morgan fingerprint density at radius 2 is 1.70 bits per heavy atom. The SMILES string of the molecule is Cc1ccc(CC=O)cc1OCc1c(C)cccc1C. The second-order valence-corrected chi connectivity index (χ2v) is 5.13. The van der Waals surface area contributed by atoms with Crippen LogP contribution >= 0.6 is 0 Å². The van der Waals surface area contributed by atoms with Crippen LogP contribution in [0, 0.1) is 20.8 Å². The van der Waals surface area contributed by atoms with Gasteiger partial charge in [0.05, 0.1) is 0 Å². The normalized spacial score (nSPS) is 10.3. The smallest absolute Gasteiger partial charge is 0.124 e. The van der Waals surface area contributed by atoms with Crippen molar-refractivity contribution < 1.29 is 9.53 Å². The summed E-state index contributed by atoms with van der Waals surface area (Å²) in [5.74, 6) is 0.854. The number of rotatable bonds is 5. The Morgan fingerprint density at radius 3 is 2.35 bits per heavy atom. The molecule has 0 N–H and O–H groups in total. The summed E-state index contributed by atoms with van der Waals surface area (Å²) >= 11 is 0. The molecule has 0 atom stereocenters. The van der Waals surface area contributed by atoms with Gasteiger partial charge in [0, 0.05) is 6.42 Å². The molecule has 20 heavy (non-hydrogen) atoms. The van der Waals surface area contributed by atoms with Crippen molar-refractivity contribution in [2.24, 2.45) is 0 Å². The Morgan fingerprint density at radius 1 is 1.00 bits per heavy atom. The van der Waals surface area contributed by atoms with Gasteiger partial charge in [0.25, 0.3) is 0 Å². The Labute approximate surface area is 120 Å². The fourth-order valence-electron chi connectivity index (χ4n) is 2.25. The van der Waals surface area contributed by atoms with Gasteiger partial charge in [-0.3, -0.25) is 0 Å². The highest BCUT2D eigenvalue weighted by molar-refractivity contribution is 5.56. The van der Waals surface area contributed by atoms with Gasteiger partial charge in [-0.25, -0.2) is 0 Å². The number of hydrogen-bond acceptors (Lipinski definition) is 2. The van der Waals surface area contributed by atoms with Crippen molar-refractivity contribution in [3.63, 3.8) is 0 Å². The number of aryl methyl sites for hydroxylation is 3. The third-order valence-corrected chi connectivity index (χ3v) is 3.59. The van der Waals surface area contributed by atoms with Crippen molar-refractivity contribution in [2.45, 2.75) is 33.8 Å².